The van der Waals surface area contributed by atoms with Crippen LogP contribution in [0, 0.1) is 0 Å². The SMILES string of the molecule is CCCCNC1CS(=O)(=O)CC1S(=O)(=O)c1ccccc1. The molecule has 1 saturated heterocycles. The van der Waals surface area contributed by atoms with Gasteiger partial charge in [-0.1, -0.05) is 31.5 Å². The second-order valence-electron chi connectivity index (χ2n) is 5.39. The number of unbranched alkanes of at least 4 members (excludes halogenated alkanes) is 1. The molecule has 0 amide bonds. The molecule has 0 aromatic heterocycles. The van der Waals surface area contributed by atoms with Gasteiger partial charge in [-0.25, -0.2) is 16.8 Å². The molecule has 1 aliphatic rings. The Bertz CT molecular complexity index is 668. The van der Waals surface area contributed by atoms with Gasteiger partial charge >= 0.3 is 0 Å². The van der Waals surface area contributed by atoms with Crippen LogP contribution in [0.2, 0.25) is 0 Å². The van der Waals surface area contributed by atoms with Crippen molar-refractivity contribution in [1.29, 1.82) is 0 Å². The Balaban J connectivity index is 2.26. The van der Waals surface area contributed by atoms with Crippen molar-refractivity contribution >= 4 is 19.7 Å². The van der Waals surface area contributed by atoms with E-state index in [1.165, 1.54) is 12.1 Å². The fourth-order valence-electron chi connectivity index (χ4n) is 2.56. The normalized spacial score (nSPS) is 25.0. The molecule has 2 unspecified atom stereocenters. The van der Waals surface area contributed by atoms with Gasteiger partial charge in [-0.15, -0.1) is 0 Å². The smallest absolute Gasteiger partial charge is 0.183 e. The first-order valence-corrected chi connectivity index (χ1v) is 10.5. The molecule has 118 valence electrons. The highest BCUT2D eigenvalue weighted by Gasteiger charge is 2.45. The lowest BCUT2D eigenvalue weighted by molar-refractivity contribution is 0.518. The summed E-state index contributed by atoms with van der Waals surface area (Å²) in [5, 5.41) is 2.20. The summed E-state index contributed by atoms with van der Waals surface area (Å²) in [4.78, 5) is 0.189. The Hall–Kier alpha value is -0.920. The number of sulfone groups is 2. The number of benzene rings is 1. The minimum Gasteiger partial charge on any atom is -0.312 e. The van der Waals surface area contributed by atoms with E-state index in [4.69, 9.17) is 0 Å². The van der Waals surface area contributed by atoms with Crippen molar-refractivity contribution in [3.8, 4) is 0 Å². The number of rotatable bonds is 6. The van der Waals surface area contributed by atoms with Gasteiger partial charge in [0.2, 0.25) is 0 Å². The van der Waals surface area contributed by atoms with Crippen LogP contribution in [-0.4, -0.2) is 46.2 Å². The molecule has 0 saturated carbocycles. The molecule has 1 aromatic rings. The zero-order chi connectivity index (χ0) is 15.5. The third-order valence-electron chi connectivity index (χ3n) is 3.71. The maximum absolute atomic E-state index is 12.7. The van der Waals surface area contributed by atoms with Gasteiger partial charge in [0.25, 0.3) is 0 Å². The maximum Gasteiger partial charge on any atom is 0.183 e. The largest absolute Gasteiger partial charge is 0.312 e. The third-order valence-corrected chi connectivity index (χ3v) is 7.87. The van der Waals surface area contributed by atoms with Gasteiger partial charge in [-0.3, -0.25) is 0 Å². The van der Waals surface area contributed by atoms with Gasteiger partial charge in [0, 0.05) is 6.04 Å². The first-order chi connectivity index (χ1) is 9.87. The summed E-state index contributed by atoms with van der Waals surface area (Å²) in [5.41, 5.74) is 0. The average Bonchev–Trinajstić information content (AvgIpc) is 2.76. The fraction of sp³-hybridized carbons (Fsp3) is 0.571. The average molecular weight is 331 g/mol. The Morgan fingerprint density at radius 1 is 1.19 bits per heavy atom. The molecule has 1 N–H and O–H groups in total. The zero-order valence-corrected chi connectivity index (χ0v) is 13.7. The van der Waals surface area contributed by atoms with Gasteiger partial charge < -0.3 is 5.32 Å². The Kier molecular flexibility index (Phi) is 5.06. The van der Waals surface area contributed by atoms with Crippen LogP contribution in [0.15, 0.2) is 35.2 Å². The first-order valence-electron chi connectivity index (χ1n) is 7.09. The van der Waals surface area contributed by atoms with Crippen LogP contribution in [0.25, 0.3) is 0 Å². The van der Waals surface area contributed by atoms with Crippen molar-refractivity contribution in [3.05, 3.63) is 30.3 Å². The Morgan fingerprint density at radius 3 is 2.48 bits per heavy atom. The monoisotopic (exact) mass is 331 g/mol. The lowest BCUT2D eigenvalue weighted by Gasteiger charge is -2.19. The van der Waals surface area contributed by atoms with Crippen LogP contribution in [0.5, 0.6) is 0 Å². The lowest BCUT2D eigenvalue weighted by atomic mass is 10.2. The predicted octanol–water partition coefficient (Wildman–Crippen LogP) is 1.02. The molecule has 1 fully saturated rings. The number of hydrogen-bond acceptors (Lipinski definition) is 5. The van der Waals surface area contributed by atoms with E-state index < -0.39 is 31.0 Å². The van der Waals surface area contributed by atoms with E-state index in [0.717, 1.165) is 12.8 Å². The molecule has 1 aliphatic heterocycles. The highest BCUT2D eigenvalue weighted by Crippen LogP contribution is 2.25. The molecule has 21 heavy (non-hydrogen) atoms. The molecule has 0 aliphatic carbocycles. The first kappa shape index (κ1) is 16.5. The van der Waals surface area contributed by atoms with Crippen molar-refractivity contribution in [2.24, 2.45) is 0 Å². The summed E-state index contributed by atoms with van der Waals surface area (Å²) in [7, 11) is -6.95. The molecule has 5 nitrogen and oxygen atoms in total. The molecule has 0 radical (unpaired) electrons. The molecule has 2 atom stereocenters. The van der Waals surface area contributed by atoms with E-state index in [-0.39, 0.29) is 16.4 Å². The van der Waals surface area contributed by atoms with E-state index in [1.807, 2.05) is 6.92 Å². The van der Waals surface area contributed by atoms with Gasteiger partial charge in [-0.2, -0.15) is 0 Å². The third kappa shape index (κ3) is 3.84. The number of hydrogen-bond donors (Lipinski definition) is 1. The van der Waals surface area contributed by atoms with Crippen molar-refractivity contribution in [2.75, 3.05) is 18.1 Å². The lowest BCUT2D eigenvalue weighted by Crippen LogP contribution is -2.43. The van der Waals surface area contributed by atoms with E-state index in [2.05, 4.69) is 5.32 Å². The van der Waals surface area contributed by atoms with E-state index in [9.17, 15) is 16.8 Å². The fourth-order valence-corrected chi connectivity index (χ4v) is 7.30. The second-order valence-corrected chi connectivity index (χ2v) is 9.71. The highest BCUT2D eigenvalue weighted by molar-refractivity contribution is 7.96. The van der Waals surface area contributed by atoms with Crippen LogP contribution in [0.3, 0.4) is 0 Å². The highest BCUT2D eigenvalue weighted by atomic mass is 32.2. The van der Waals surface area contributed by atoms with Gasteiger partial charge in [0.15, 0.2) is 19.7 Å². The molecular formula is C14H21NO4S2. The topological polar surface area (TPSA) is 80.3 Å². The molecule has 7 heteroatoms. The van der Waals surface area contributed by atoms with Gasteiger partial charge in [0.1, 0.15) is 0 Å². The van der Waals surface area contributed by atoms with E-state index in [0.29, 0.717) is 6.54 Å². The maximum atomic E-state index is 12.7. The van der Waals surface area contributed by atoms with Crippen LogP contribution in [0.4, 0.5) is 0 Å². The van der Waals surface area contributed by atoms with Gasteiger partial charge in [-0.05, 0) is 25.1 Å². The quantitative estimate of drug-likeness (QED) is 0.787. The van der Waals surface area contributed by atoms with Crippen molar-refractivity contribution < 1.29 is 16.8 Å². The molecule has 1 aromatic carbocycles. The van der Waals surface area contributed by atoms with Crippen LogP contribution < -0.4 is 5.32 Å². The molecule has 1 heterocycles. The summed E-state index contributed by atoms with van der Waals surface area (Å²) < 4.78 is 49.0. The van der Waals surface area contributed by atoms with E-state index in [1.54, 1.807) is 18.2 Å². The Morgan fingerprint density at radius 2 is 1.86 bits per heavy atom. The van der Waals surface area contributed by atoms with Crippen LogP contribution in [-0.2, 0) is 19.7 Å². The molecular weight excluding hydrogens is 310 g/mol. The van der Waals surface area contributed by atoms with Crippen molar-refractivity contribution in [1.82, 2.24) is 5.32 Å². The number of nitrogens with one attached hydrogen (secondary N) is 1. The summed E-state index contributed by atoms with van der Waals surface area (Å²) >= 11 is 0. The van der Waals surface area contributed by atoms with Crippen molar-refractivity contribution in [2.45, 2.75) is 36.0 Å². The minimum atomic E-state index is -3.64. The summed E-state index contributed by atoms with van der Waals surface area (Å²) in [6.07, 6.45) is 1.87. The second kappa shape index (κ2) is 6.46. The standard InChI is InChI=1S/C14H21NO4S2/c1-2-3-9-15-13-10-20(16,17)11-14(13)21(18,19)12-7-5-4-6-8-12/h4-8,13-15H,2-3,9-11H2,1H3. The van der Waals surface area contributed by atoms with Gasteiger partial charge in [0.05, 0.1) is 21.7 Å². The van der Waals surface area contributed by atoms with Crippen LogP contribution >= 0.6 is 0 Å². The molecule has 0 spiro atoms. The molecule has 2 rings (SSSR count). The van der Waals surface area contributed by atoms with Crippen molar-refractivity contribution in [3.63, 3.8) is 0 Å². The Labute approximate surface area is 126 Å². The zero-order valence-electron chi connectivity index (χ0n) is 12.0. The summed E-state index contributed by atoms with van der Waals surface area (Å²) in [6.45, 7) is 2.67. The summed E-state index contributed by atoms with van der Waals surface area (Å²) in [5.74, 6) is -0.401. The minimum absolute atomic E-state index is 0.104. The van der Waals surface area contributed by atoms with E-state index >= 15 is 0 Å². The molecule has 0 bridgehead atoms. The van der Waals surface area contributed by atoms with Crippen LogP contribution in [0.1, 0.15) is 19.8 Å². The summed E-state index contributed by atoms with van der Waals surface area (Å²) in [6, 6.07) is 7.55. The predicted molar refractivity (Wildman–Crippen MR) is 82.8 cm³/mol.